The molecule has 130 valence electrons. The van der Waals surface area contributed by atoms with E-state index in [2.05, 4.69) is 4.99 Å². The van der Waals surface area contributed by atoms with Crippen molar-refractivity contribution in [3.63, 3.8) is 0 Å². The molecule has 4 nitrogen and oxygen atoms in total. The van der Waals surface area contributed by atoms with E-state index < -0.39 is 11.5 Å². The Bertz CT molecular complexity index is 782. The summed E-state index contributed by atoms with van der Waals surface area (Å²) in [6, 6.07) is 15.7. The largest absolute Gasteiger partial charge is 0.464 e. The smallest absolute Gasteiger partial charge is 0.334 e. The second kappa shape index (κ2) is 8.61. The van der Waals surface area contributed by atoms with Gasteiger partial charge in [0.1, 0.15) is 0 Å². The molecule has 5 heteroatoms. The number of nitrogens with zero attached hydrogens (tertiary/aromatic N) is 1. The van der Waals surface area contributed by atoms with Gasteiger partial charge in [-0.1, -0.05) is 48.0 Å². The second-order valence-electron chi connectivity index (χ2n) is 5.90. The number of hydrogen-bond donors (Lipinski definition) is 0. The summed E-state index contributed by atoms with van der Waals surface area (Å²) in [5.74, 6) is -0.506. The molecule has 0 aromatic heterocycles. The molecule has 0 N–H and O–H groups in total. The molecule has 0 aliphatic rings. The van der Waals surface area contributed by atoms with Gasteiger partial charge in [0.15, 0.2) is 5.54 Å². The van der Waals surface area contributed by atoms with Crippen molar-refractivity contribution in [2.24, 2.45) is 4.99 Å². The van der Waals surface area contributed by atoms with Gasteiger partial charge in [0.25, 0.3) is 0 Å². The number of ether oxygens (including phenoxy) is 1. The Morgan fingerprint density at radius 1 is 1.20 bits per heavy atom. The summed E-state index contributed by atoms with van der Waals surface area (Å²) >= 11 is 6.03. The molecule has 0 aliphatic heterocycles. The number of aryl methyl sites for hydroxylation is 1. The minimum atomic E-state index is -1.20. The van der Waals surface area contributed by atoms with E-state index in [0.29, 0.717) is 17.9 Å². The van der Waals surface area contributed by atoms with E-state index in [0.717, 1.165) is 16.7 Å². The van der Waals surface area contributed by atoms with Crippen molar-refractivity contribution in [3.05, 3.63) is 59.1 Å². The lowest BCUT2D eigenvalue weighted by Gasteiger charge is -2.21. The van der Waals surface area contributed by atoms with Crippen molar-refractivity contribution in [1.82, 2.24) is 0 Å². The predicted molar refractivity (Wildman–Crippen MR) is 98.4 cm³/mol. The third kappa shape index (κ3) is 5.02. The summed E-state index contributed by atoms with van der Waals surface area (Å²) in [6.45, 7) is 3.56. The van der Waals surface area contributed by atoms with Gasteiger partial charge in [-0.15, -0.1) is 0 Å². The zero-order valence-electron chi connectivity index (χ0n) is 14.3. The Hall–Kier alpha value is -2.42. The molecule has 0 amide bonds. The molecule has 0 saturated carbocycles. The first-order chi connectivity index (χ1) is 12.0. The first kappa shape index (κ1) is 18.9. The minimum absolute atomic E-state index is 0.247. The molecule has 0 radical (unpaired) electrons. The van der Waals surface area contributed by atoms with Gasteiger partial charge >= 0.3 is 5.97 Å². The number of halogens is 1. The molecular weight excluding hydrogens is 338 g/mol. The first-order valence-corrected chi connectivity index (χ1v) is 8.47. The van der Waals surface area contributed by atoms with Crippen LogP contribution < -0.4 is 0 Å². The van der Waals surface area contributed by atoms with Crippen molar-refractivity contribution in [1.29, 1.82) is 0 Å². The summed E-state index contributed by atoms with van der Waals surface area (Å²) in [5.41, 5.74) is 1.94. The summed E-state index contributed by atoms with van der Waals surface area (Å²) < 4.78 is 5.01. The normalized spacial score (nSPS) is 12.8. The second-order valence-corrected chi connectivity index (χ2v) is 6.34. The van der Waals surface area contributed by atoms with E-state index >= 15 is 0 Å². The Balaban J connectivity index is 2.10. The highest BCUT2D eigenvalue weighted by molar-refractivity contribution is 6.30. The zero-order valence-corrected chi connectivity index (χ0v) is 15.0. The Morgan fingerprint density at radius 2 is 1.92 bits per heavy atom. The van der Waals surface area contributed by atoms with Crippen LogP contribution in [0.2, 0.25) is 5.02 Å². The Labute approximate surface area is 152 Å². The van der Waals surface area contributed by atoms with Gasteiger partial charge in [-0.25, -0.2) is 9.59 Å². The van der Waals surface area contributed by atoms with Gasteiger partial charge in [0.2, 0.25) is 6.08 Å². The fourth-order valence-electron chi connectivity index (χ4n) is 2.51. The Morgan fingerprint density at radius 3 is 2.52 bits per heavy atom. The highest BCUT2D eigenvalue weighted by Crippen LogP contribution is 2.25. The van der Waals surface area contributed by atoms with Crippen LogP contribution in [-0.4, -0.2) is 24.2 Å². The summed E-state index contributed by atoms with van der Waals surface area (Å²) in [4.78, 5) is 26.4. The molecule has 0 bridgehead atoms. The number of aliphatic imine (C=N–C) groups is 1. The van der Waals surface area contributed by atoms with Crippen LogP contribution in [0.5, 0.6) is 0 Å². The average molecular weight is 358 g/mol. The molecule has 1 atom stereocenters. The van der Waals surface area contributed by atoms with Crippen LogP contribution in [0.15, 0.2) is 53.5 Å². The van der Waals surface area contributed by atoms with Crippen LogP contribution in [0.25, 0.3) is 11.1 Å². The van der Waals surface area contributed by atoms with E-state index in [1.54, 1.807) is 13.8 Å². The molecule has 1 unspecified atom stereocenters. The SMILES string of the molecule is CCOC(=O)C(C)(CCc1ccc(-c2cccc(Cl)c2)cc1)N=C=O. The maximum atomic E-state index is 12.0. The summed E-state index contributed by atoms with van der Waals surface area (Å²) in [7, 11) is 0. The molecule has 2 aromatic carbocycles. The summed E-state index contributed by atoms with van der Waals surface area (Å²) in [6.07, 6.45) is 2.45. The lowest BCUT2D eigenvalue weighted by Crippen LogP contribution is -2.35. The van der Waals surface area contributed by atoms with E-state index in [4.69, 9.17) is 16.3 Å². The average Bonchev–Trinajstić information content (AvgIpc) is 2.61. The molecule has 0 spiro atoms. The van der Waals surface area contributed by atoms with Crippen molar-refractivity contribution >= 4 is 23.7 Å². The molecule has 0 fully saturated rings. The van der Waals surface area contributed by atoms with Crippen molar-refractivity contribution in [3.8, 4) is 11.1 Å². The molecular formula is C20H20ClNO3. The van der Waals surface area contributed by atoms with Crippen LogP contribution in [0.1, 0.15) is 25.8 Å². The maximum Gasteiger partial charge on any atom is 0.334 e. The Kier molecular flexibility index (Phi) is 6.51. The van der Waals surface area contributed by atoms with Gasteiger partial charge in [-0.3, -0.25) is 0 Å². The number of isocyanates is 1. The van der Waals surface area contributed by atoms with Gasteiger partial charge in [-0.05, 0) is 55.5 Å². The van der Waals surface area contributed by atoms with Crippen molar-refractivity contribution in [2.45, 2.75) is 32.2 Å². The van der Waals surface area contributed by atoms with Gasteiger partial charge in [0.05, 0.1) is 6.61 Å². The third-order valence-corrected chi connectivity index (χ3v) is 4.26. The van der Waals surface area contributed by atoms with Crippen molar-refractivity contribution < 1.29 is 14.3 Å². The van der Waals surface area contributed by atoms with Crippen LogP contribution in [0.4, 0.5) is 0 Å². The minimum Gasteiger partial charge on any atom is -0.464 e. The zero-order chi connectivity index (χ0) is 18.3. The molecule has 0 heterocycles. The number of benzene rings is 2. The third-order valence-electron chi connectivity index (χ3n) is 4.02. The van der Waals surface area contributed by atoms with E-state index in [1.807, 2.05) is 48.5 Å². The lowest BCUT2D eigenvalue weighted by molar-refractivity contribution is -0.149. The van der Waals surface area contributed by atoms with E-state index in [1.165, 1.54) is 6.08 Å². The molecule has 25 heavy (non-hydrogen) atoms. The number of carbonyl (C=O) groups excluding carboxylic acids is 2. The van der Waals surface area contributed by atoms with Gasteiger partial charge in [-0.2, -0.15) is 4.99 Å². The maximum absolute atomic E-state index is 12.0. The van der Waals surface area contributed by atoms with Gasteiger partial charge < -0.3 is 4.74 Å². The monoisotopic (exact) mass is 357 g/mol. The summed E-state index contributed by atoms with van der Waals surface area (Å²) in [5, 5.41) is 0.693. The molecule has 2 aromatic rings. The van der Waals surface area contributed by atoms with Crippen molar-refractivity contribution in [2.75, 3.05) is 6.61 Å². The highest BCUT2D eigenvalue weighted by Gasteiger charge is 2.34. The number of carbonyl (C=O) groups is 1. The fourth-order valence-corrected chi connectivity index (χ4v) is 2.70. The fraction of sp³-hybridized carbons (Fsp3) is 0.300. The molecule has 0 saturated heterocycles. The lowest BCUT2D eigenvalue weighted by atomic mass is 9.93. The number of rotatable bonds is 7. The van der Waals surface area contributed by atoms with Gasteiger partial charge in [0, 0.05) is 5.02 Å². The standard InChI is InChI=1S/C20H20ClNO3/c1-3-25-19(24)20(2,22-14-23)12-11-15-7-9-16(10-8-15)17-5-4-6-18(21)13-17/h4-10,13H,3,11-12H2,1-2H3. The van der Waals surface area contributed by atoms with Crippen LogP contribution in [0, 0.1) is 0 Å². The highest BCUT2D eigenvalue weighted by atomic mass is 35.5. The molecule has 0 aliphatic carbocycles. The topological polar surface area (TPSA) is 55.7 Å². The quantitative estimate of drug-likeness (QED) is 0.413. The van der Waals surface area contributed by atoms with E-state index in [9.17, 15) is 9.59 Å². The van der Waals surface area contributed by atoms with Crippen LogP contribution >= 0.6 is 11.6 Å². The van der Waals surface area contributed by atoms with E-state index in [-0.39, 0.29) is 6.61 Å². The number of esters is 1. The first-order valence-electron chi connectivity index (χ1n) is 8.09. The number of hydrogen-bond acceptors (Lipinski definition) is 4. The van der Waals surface area contributed by atoms with Crippen LogP contribution in [0.3, 0.4) is 0 Å². The predicted octanol–water partition coefficient (Wildman–Crippen LogP) is 4.60. The molecule has 2 rings (SSSR count). The van der Waals surface area contributed by atoms with Crippen LogP contribution in [-0.2, 0) is 20.7 Å².